The Morgan fingerprint density at radius 3 is 2.93 bits per heavy atom. The van der Waals surface area contributed by atoms with Crippen molar-refractivity contribution in [2.45, 2.75) is 38.2 Å². The van der Waals surface area contributed by atoms with Crippen molar-refractivity contribution in [3.05, 3.63) is 0 Å². The maximum Gasteiger partial charge on any atom is 0.222 e. The van der Waals surface area contributed by atoms with Crippen LogP contribution >= 0.6 is 11.6 Å². The second kappa shape index (κ2) is 4.99. The van der Waals surface area contributed by atoms with E-state index in [1.165, 1.54) is 0 Å². The van der Waals surface area contributed by atoms with Crippen LogP contribution in [0.3, 0.4) is 0 Å². The number of hydrogen-bond donors (Lipinski definition) is 1. The summed E-state index contributed by atoms with van der Waals surface area (Å²) in [5.41, 5.74) is -0.700. The first-order chi connectivity index (χ1) is 6.55. The van der Waals surface area contributed by atoms with Crippen LogP contribution in [0.25, 0.3) is 0 Å². The zero-order chi connectivity index (χ0) is 10.6. The summed E-state index contributed by atoms with van der Waals surface area (Å²) >= 11 is 5.52. The van der Waals surface area contributed by atoms with E-state index >= 15 is 0 Å². The number of carbonyl (C=O) groups excluding carboxylic acids is 1. The summed E-state index contributed by atoms with van der Waals surface area (Å²) in [6, 6.07) is 0. The number of nitrogens with zero attached hydrogens (tertiary/aromatic N) is 1. The fraction of sp³-hybridized carbons (Fsp3) is 0.900. The fourth-order valence-corrected chi connectivity index (χ4v) is 1.94. The number of piperidine rings is 1. The van der Waals surface area contributed by atoms with E-state index in [4.69, 9.17) is 11.6 Å². The number of alkyl halides is 1. The molecule has 1 unspecified atom stereocenters. The lowest BCUT2D eigenvalue weighted by Crippen LogP contribution is -2.48. The van der Waals surface area contributed by atoms with Crippen molar-refractivity contribution < 1.29 is 9.90 Å². The summed E-state index contributed by atoms with van der Waals surface area (Å²) in [5, 5.41) is 9.80. The average Bonchev–Trinajstić information content (AvgIpc) is 2.12. The van der Waals surface area contributed by atoms with Gasteiger partial charge in [-0.1, -0.05) is 0 Å². The predicted molar refractivity (Wildman–Crippen MR) is 56.4 cm³/mol. The summed E-state index contributed by atoms with van der Waals surface area (Å²) < 4.78 is 0. The molecule has 0 radical (unpaired) electrons. The molecule has 1 fully saturated rings. The van der Waals surface area contributed by atoms with Crippen molar-refractivity contribution in [1.29, 1.82) is 0 Å². The Bertz CT molecular complexity index is 206. The molecule has 0 aromatic heterocycles. The molecular formula is C10H18ClNO2. The van der Waals surface area contributed by atoms with Gasteiger partial charge in [0.25, 0.3) is 0 Å². The van der Waals surface area contributed by atoms with Crippen LogP contribution in [0.5, 0.6) is 0 Å². The van der Waals surface area contributed by atoms with Crippen molar-refractivity contribution in [1.82, 2.24) is 4.90 Å². The molecule has 0 bridgehead atoms. The van der Waals surface area contributed by atoms with Gasteiger partial charge in [0, 0.05) is 25.4 Å². The van der Waals surface area contributed by atoms with E-state index in [2.05, 4.69) is 0 Å². The van der Waals surface area contributed by atoms with Crippen molar-refractivity contribution in [3.8, 4) is 0 Å². The van der Waals surface area contributed by atoms with Gasteiger partial charge >= 0.3 is 0 Å². The molecule has 1 atom stereocenters. The topological polar surface area (TPSA) is 40.5 Å². The standard InChI is InChI=1S/C10H18ClNO2/c1-10(14)5-3-7-12(8-10)9(13)4-2-6-11/h14H,2-8H2,1H3. The summed E-state index contributed by atoms with van der Waals surface area (Å²) in [6.07, 6.45) is 2.89. The van der Waals surface area contributed by atoms with Gasteiger partial charge in [-0.05, 0) is 26.2 Å². The molecule has 0 aromatic rings. The Labute approximate surface area is 90.0 Å². The van der Waals surface area contributed by atoms with Crippen molar-refractivity contribution >= 4 is 17.5 Å². The van der Waals surface area contributed by atoms with Crippen LogP contribution in [-0.2, 0) is 4.79 Å². The van der Waals surface area contributed by atoms with Gasteiger partial charge in [0.05, 0.1) is 5.60 Å². The summed E-state index contributed by atoms with van der Waals surface area (Å²) in [7, 11) is 0. The maximum atomic E-state index is 11.6. The zero-order valence-corrected chi connectivity index (χ0v) is 9.39. The third kappa shape index (κ3) is 3.46. The van der Waals surface area contributed by atoms with Gasteiger partial charge < -0.3 is 10.0 Å². The van der Waals surface area contributed by atoms with Gasteiger partial charge in [-0.3, -0.25) is 4.79 Å². The molecule has 3 nitrogen and oxygen atoms in total. The summed E-state index contributed by atoms with van der Waals surface area (Å²) in [6.45, 7) is 3.03. The number of aliphatic hydroxyl groups is 1. The summed E-state index contributed by atoms with van der Waals surface area (Å²) in [4.78, 5) is 13.3. The van der Waals surface area contributed by atoms with Crippen LogP contribution in [-0.4, -0.2) is 40.5 Å². The third-order valence-corrected chi connectivity index (χ3v) is 2.82. The van der Waals surface area contributed by atoms with Gasteiger partial charge in [0.1, 0.15) is 0 Å². The lowest BCUT2D eigenvalue weighted by molar-refractivity contribution is -0.137. The van der Waals surface area contributed by atoms with E-state index in [0.717, 1.165) is 25.8 Å². The van der Waals surface area contributed by atoms with E-state index in [-0.39, 0.29) is 5.91 Å². The van der Waals surface area contributed by atoms with E-state index in [1.807, 2.05) is 0 Å². The first-order valence-corrected chi connectivity index (χ1v) is 5.65. The molecule has 4 heteroatoms. The smallest absolute Gasteiger partial charge is 0.222 e. The monoisotopic (exact) mass is 219 g/mol. The minimum absolute atomic E-state index is 0.116. The Morgan fingerprint density at radius 1 is 1.64 bits per heavy atom. The molecule has 14 heavy (non-hydrogen) atoms. The molecule has 0 aromatic carbocycles. The SMILES string of the molecule is CC1(O)CCCN(C(=O)CCCCl)C1. The molecule has 1 aliphatic heterocycles. The second-order valence-corrected chi connectivity index (χ2v) is 4.59. The van der Waals surface area contributed by atoms with Crippen LogP contribution in [0.15, 0.2) is 0 Å². The van der Waals surface area contributed by atoms with Gasteiger partial charge in [0.2, 0.25) is 5.91 Å². The maximum absolute atomic E-state index is 11.6. The number of β-amino-alcohol motifs (C(OH)–C–C–N with tert-alkyl or cyclic N) is 1. The number of likely N-dealkylation sites (tertiary alicyclic amines) is 1. The third-order valence-electron chi connectivity index (χ3n) is 2.55. The molecular weight excluding hydrogens is 202 g/mol. The number of carbonyl (C=O) groups is 1. The van der Waals surface area contributed by atoms with Crippen molar-refractivity contribution in [2.75, 3.05) is 19.0 Å². The molecule has 1 N–H and O–H groups in total. The molecule has 0 aliphatic carbocycles. The van der Waals surface area contributed by atoms with Crippen LogP contribution in [0.2, 0.25) is 0 Å². The molecule has 0 spiro atoms. The normalized spacial score (nSPS) is 27.8. The van der Waals surface area contributed by atoms with E-state index in [0.29, 0.717) is 18.8 Å². The minimum atomic E-state index is -0.700. The molecule has 0 saturated carbocycles. The number of hydrogen-bond acceptors (Lipinski definition) is 2. The van der Waals surface area contributed by atoms with Gasteiger partial charge in [-0.25, -0.2) is 0 Å². The highest BCUT2D eigenvalue weighted by Crippen LogP contribution is 2.20. The molecule has 1 rings (SSSR count). The lowest BCUT2D eigenvalue weighted by atomic mass is 9.95. The summed E-state index contributed by atoms with van der Waals surface area (Å²) in [5.74, 6) is 0.640. The first kappa shape index (κ1) is 11.8. The van der Waals surface area contributed by atoms with E-state index in [9.17, 15) is 9.90 Å². The molecule has 1 aliphatic rings. The lowest BCUT2D eigenvalue weighted by Gasteiger charge is -2.36. The van der Waals surface area contributed by atoms with Crippen LogP contribution in [0.4, 0.5) is 0 Å². The molecule has 1 amide bonds. The zero-order valence-electron chi connectivity index (χ0n) is 8.63. The number of halogens is 1. The largest absolute Gasteiger partial charge is 0.388 e. The molecule has 1 heterocycles. The minimum Gasteiger partial charge on any atom is -0.388 e. The highest BCUT2D eigenvalue weighted by molar-refractivity contribution is 6.17. The van der Waals surface area contributed by atoms with Gasteiger partial charge in [-0.2, -0.15) is 0 Å². The average molecular weight is 220 g/mol. The number of amides is 1. The van der Waals surface area contributed by atoms with Crippen LogP contribution < -0.4 is 0 Å². The Hall–Kier alpha value is -0.280. The Balaban J connectivity index is 2.40. The second-order valence-electron chi connectivity index (χ2n) is 4.21. The predicted octanol–water partition coefficient (Wildman–Crippen LogP) is 1.38. The fourth-order valence-electron chi connectivity index (χ4n) is 1.81. The van der Waals surface area contributed by atoms with Crippen molar-refractivity contribution in [3.63, 3.8) is 0 Å². The molecule has 82 valence electrons. The van der Waals surface area contributed by atoms with Crippen molar-refractivity contribution in [2.24, 2.45) is 0 Å². The van der Waals surface area contributed by atoms with Gasteiger partial charge in [0.15, 0.2) is 0 Å². The van der Waals surface area contributed by atoms with Crippen LogP contribution in [0.1, 0.15) is 32.6 Å². The highest BCUT2D eigenvalue weighted by Gasteiger charge is 2.30. The highest BCUT2D eigenvalue weighted by atomic mass is 35.5. The number of rotatable bonds is 3. The van der Waals surface area contributed by atoms with E-state index < -0.39 is 5.60 Å². The Morgan fingerprint density at radius 2 is 2.36 bits per heavy atom. The van der Waals surface area contributed by atoms with Crippen LogP contribution in [0, 0.1) is 0 Å². The van der Waals surface area contributed by atoms with Gasteiger partial charge in [-0.15, -0.1) is 11.6 Å². The quantitative estimate of drug-likeness (QED) is 0.729. The van der Waals surface area contributed by atoms with E-state index in [1.54, 1.807) is 11.8 Å². The first-order valence-electron chi connectivity index (χ1n) is 5.11. The Kier molecular flexibility index (Phi) is 4.20. The molecule has 1 saturated heterocycles.